The number of nitrogens with zero attached hydrogens (tertiary/aromatic N) is 1. The van der Waals surface area contributed by atoms with E-state index < -0.39 is 0 Å². The van der Waals surface area contributed by atoms with Gasteiger partial charge in [-0.25, -0.2) is 0 Å². The Kier molecular flexibility index (Phi) is 3.86. The molecule has 2 rings (SSSR count). The smallest absolute Gasteiger partial charge is 0.0968 e. The van der Waals surface area contributed by atoms with E-state index in [1.165, 1.54) is 4.90 Å². The van der Waals surface area contributed by atoms with E-state index in [1.807, 2.05) is 18.7 Å². The van der Waals surface area contributed by atoms with Crippen molar-refractivity contribution in [1.82, 2.24) is 10.2 Å². The van der Waals surface area contributed by atoms with Gasteiger partial charge in [0.1, 0.15) is 0 Å². The normalized spacial score (nSPS) is 10.8. The molecule has 0 saturated carbocycles. The van der Waals surface area contributed by atoms with Crippen molar-refractivity contribution in [3.05, 3.63) is 35.5 Å². The molecule has 0 fully saturated rings. The second-order valence-corrected chi connectivity index (χ2v) is 5.17. The van der Waals surface area contributed by atoms with Crippen molar-refractivity contribution in [2.24, 2.45) is 5.73 Å². The van der Waals surface area contributed by atoms with Crippen LogP contribution in [-0.4, -0.2) is 16.0 Å². The second-order valence-electron chi connectivity index (χ2n) is 3.84. The molecule has 1 aromatic heterocycles. The molecule has 1 aromatic carbocycles. The van der Waals surface area contributed by atoms with Crippen molar-refractivity contribution >= 4 is 11.8 Å². The van der Waals surface area contributed by atoms with Crippen LogP contribution in [0.15, 0.2) is 29.2 Å². The Labute approximate surface area is 106 Å². The molecule has 3 nitrogen and oxygen atoms in total. The summed E-state index contributed by atoms with van der Waals surface area (Å²) in [7, 11) is 0. The predicted molar refractivity (Wildman–Crippen MR) is 73.1 cm³/mol. The monoisotopic (exact) mass is 247 g/mol. The lowest BCUT2D eigenvalue weighted by Crippen LogP contribution is -1.98. The second kappa shape index (κ2) is 5.38. The average molecular weight is 247 g/mol. The molecule has 3 N–H and O–H groups in total. The first-order valence-electron chi connectivity index (χ1n) is 5.73. The van der Waals surface area contributed by atoms with Crippen LogP contribution >= 0.6 is 11.8 Å². The summed E-state index contributed by atoms with van der Waals surface area (Å²) in [6.07, 6.45) is 0. The van der Waals surface area contributed by atoms with Crippen molar-refractivity contribution in [2.75, 3.05) is 5.75 Å². The topological polar surface area (TPSA) is 54.7 Å². The molecule has 0 radical (unpaired) electrons. The number of benzene rings is 1. The van der Waals surface area contributed by atoms with E-state index in [4.69, 9.17) is 5.73 Å². The summed E-state index contributed by atoms with van der Waals surface area (Å²) in [6.45, 7) is 4.67. The van der Waals surface area contributed by atoms with Gasteiger partial charge in [-0.3, -0.25) is 5.10 Å². The van der Waals surface area contributed by atoms with E-state index in [0.717, 1.165) is 28.3 Å². The van der Waals surface area contributed by atoms with Gasteiger partial charge in [-0.1, -0.05) is 19.1 Å². The number of rotatable bonds is 4. The average Bonchev–Trinajstić information content (AvgIpc) is 2.72. The van der Waals surface area contributed by atoms with Crippen LogP contribution in [0.1, 0.15) is 18.2 Å². The summed E-state index contributed by atoms with van der Waals surface area (Å²) >= 11 is 1.84. The van der Waals surface area contributed by atoms with Gasteiger partial charge in [0.25, 0.3) is 0 Å². The molecule has 4 heteroatoms. The fourth-order valence-electron chi connectivity index (χ4n) is 1.82. The van der Waals surface area contributed by atoms with Gasteiger partial charge in [-0.2, -0.15) is 5.10 Å². The summed E-state index contributed by atoms with van der Waals surface area (Å²) in [5.74, 6) is 1.09. The Morgan fingerprint density at radius 2 is 2.00 bits per heavy atom. The Hall–Kier alpha value is -1.26. The molecule has 0 saturated heterocycles. The first-order valence-corrected chi connectivity index (χ1v) is 6.72. The summed E-state index contributed by atoms with van der Waals surface area (Å²) in [5.41, 5.74) is 9.99. The molecular formula is C13H17N3S. The molecule has 1 heterocycles. The van der Waals surface area contributed by atoms with Crippen LogP contribution in [-0.2, 0) is 6.54 Å². The van der Waals surface area contributed by atoms with E-state index >= 15 is 0 Å². The quantitative estimate of drug-likeness (QED) is 0.817. The lowest BCUT2D eigenvalue weighted by molar-refractivity contribution is 1.03. The maximum atomic E-state index is 5.75. The minimum absolute atomic E-state index is 0.517. The number of hydrogen-bond donors (Lipinski definition) is 2. The zero-order valence-corrected chi connectivity index (χ0v) is 11.0. The van der Waals surface area contributed by atoms with Crippen LogP contribution in [0.2, 0.25) is 0 Å². The maximum absolute atomic E-state index is 5.75. The van der Waals surface area contributed by atoms with E-state index in [-0.39, 0.29) is 0 Å². The number of nitrogens with one attached hydrogen (secondary N) is 1. The van der Waals surface area contributed by atoms with Gasteiger partial charge in [0.15, 0.2) is 0 Å². The lowest BCUT2D eigenvalue weighted by atomic mass is 10.1. The minimum Gasteiger partial charge on any atom is -0.326 e. The van der Waals surface area contributed by atoms with Gasteiger partial charge >= 0.3 is 0 Å². The van der Waals surface area contributed by atoms with Gasteiger partial charge in [0, 0.05) is 28.3 Å². The first kappa shape index (κ1) is 12.2. The standard InChI is InChI=1S/C13H17N3S/c1-3-17-11-6-4-10(5-7-11)13-12(8-14)9(2)15-16-13/h4-7H,3,8,14H2,1-2H3,(H,15,16). The lowest BCUT2D eigenvalue weighted by Gasteiger charge is -2.03. The first-order chi connectivity index (χ1) is 8.26. The fraction of sp³-hybridized carbons (Fsp3) is 0.308. The van der Waals surface area contributed by atoms with Gasteiger partial charge in [0.05, 0.1) is 5.69 Å². The van der Waals surface area contributed by atoms with Crippen LogP contribution in [0, 0.1) is 6.92 Å². The molecule has 0 aliphatic carbocycles. The largest absolute Gasteiger partial charge is 0.326 e. The van der Waals surface area contributed by atoms with Crippen LogP contribution in [0.3, 0.4) is 0 Å². The predicted octanol–water partition coefficient (Wildman–Crippen LogP) is 2.96. The zero-order chi connectivity index (χ0) is 12.3. The molecule has 17 heavy (non-hydrogen) atoms. The molecular weight excluding hydrogens is 230 g/mol. The van der Waals surface area contributed by atoms with Gasteiger partial charge < -0.3 is 5.73 Å². The van der Waals surface area contributed by atoms with Crippen molar-refractivity contribution in [1.29, 1.82) is 0 Å². The minimum atomic E-state index is 0.517. The van der Waals surface area contributed by atoms with Crippen molar-refractivity contribution in [3.8, 4) is 11.3 Å². The van der Waals surface area contributed by atoms with Crippen LogP contribution in [0.25, 0.3) is 11.3 Å². The Morgan fingerprint density at radius 1 is 1.29 bits per heavy atom. The molecule has 0 spiro atoms. The Morgan fingerprint density at radius 3 is 2.59 bits per heavy atom. The molecule has 0 bridgehead atoms. The maximum Gasteiger partial charge on any atom is 0.0968 e. The number of nitrogens with two attached hydrogens (primary N) is 1. The highest BCUT2D eigenvalue weighted by Crippen LogP contribution is 2.26. The number of aryl methyl sites for hydroxylation is 1. The highest BCUT2D eigenvalue weighted by molar-refractivity contribution is 7.99. The van der Waals surface area contributed by atoms with Crippen molar-refractivity contribution in [2.45, 2.75) is 25.3 Å². The Bertz CT molecular complexity index is 488. The molecule has 0 aliphatic heterocycles. The van der Waals surface area contributed by atoms with Gasteiger partial charge in [0.2, 0.25) is 0 Å². The third kappa shape index (κ3) is 2.53. The van der Waals surface area contributed by atoms with Crippen LogP contribution in [0.5, 0.6) is 0 Å². The third-order valence-electron chi connectivity index (χ3n) is 2.72. The number of thioether (sulfide) groups is 1. The van der Waals surface area contributed by atoms with Crippen LogP contribution in [0.4, 0.5) is 0 Å². The molecule has 0 aliphatic rings. The number of hydrogen-bond acceptors (Lipinski definition) is 3. The summed E-state index contributed by atoms with van der Waals surface area (Å²) in [5, 5.41) is 7.31. The highest BCUT2D eigenvalue weighted by atomic mass is 32.2. The molecule has 0 atom stereocenters. The van der Waals surface area contributed by atoms with Crippen molar-refractivity contribution < 1.29 is 0 Å². The Balaban J connectivity index is 2.33. The molecule has 0 amide bonds. The summed E-state index contributed by atoms with van der Waals surface area (Å²) < 4.78 is 0. The number of H-pyrrole nitrogens is 1. The summed E-state index contributed by atoms with van der Waals surface area (Å²) in [6, 6.07) is 8.47. The fourth-order valence-corrected chi connectivity index (χ4v) is 2.48. The van der Waals surface area contributed by atoms with E-state index in [0.29, 0.717) is 6.54 Å². The summed E-state index contributed by atoms with van der Waals surface area (Å²) in [4.78, 5) is 1.29. The molecule has 0 unspecified atom stereocenters. The highest BCUT2D eigenvalue weighted by Gasteiger charge is 2.10. The molecule has 2 aromatic rings. The molecule has 90 valence electrons. The zero-order valence-electron chi connectivity index (χ0n) is 10.2. The van der Waals surface area contributed by atoms with Gasteiger partial charge in [-0.15, -0.1) is 11.8 Å². The van der Waals surface area contributed by atoms with E-state index in [9.17, 15) is 0 Å². The third-order valence-corrected chi connectivity index (χ3v) is 3.61. The van der Waals surface area contributed by atoms with E-state index in [2.05, 4.69) is 41.4 Å². The number of aromatic nitrogens is 2. The van der Waals surface area contributed by atoms with Gasteiger partial charge in [-0.05, 0) is 24.8 Å². The van der Waals surface area contributed by atoms with E-state index in [1.54, 1.807) is 0 Å². The van der Waals surface area contributed by atoms with Crippen LogP contribution < -0.4 is 5.73 Å². The van der Waals surface area contributed by atoms with Crippen molar-refractivity contribution in [3.63, 3.8) is 0 Å². The SMILES string of the molecule is CCSc1ccc(-c2n[nH]c(C)c2CN)cc1. The number of aromatic amines is 1.